The minimum Gasteiger partial charge on any atom is -0.345 e. The van der Waals surface area contributed by atoms with Crippen LogP contribution in [-0.2, 0) is 23.8 Å². The number of carbonyl (C=O) groups is 1. The number of fused-ring (bicyclic) bond motifs is 1. The van der Waals surface area contributed by atoms with Crippen molar-refractivity contribution < 1.29 is 18.0 Å². The Labute approximate surface area is 158 Å². The van der Waals surface area contributed by atoms with Crippen molar-refractivity contribution in [3.05, 3.63) is 64.8 Å². The van der Waals surface area contributed by atoms with Gasteiger partial charge in [-0.05, 0) is 30.2 Å². The van der Waals surface area contributed by atoms with Crippen molar-refractivity contribution in [2.45, 2.75) is 19.0 Å². The minimum absolute atomic E-state index is 0.0216. The summed E-state index contributed by atoms with van der Waals surface area (Å²) in [5, 5.41) is -0.116. The van der Waals surface area contributed by atoms with Gasteiger partial charge in [0.05, 0.1) is 22.7 Å². The van der Waals surface area contributed by atoms with Crippen molar-refractivity contribution in [3.63, 3.8) is 0 Å². The first-order valence-electron chi connectivity index (χ1n) is 8.11. The number of likely N-dealkylation sites (N-methyl/N-ethyl adjacent to an activating group) is 1. The van der Waals surface area contributed by atoms with Crippen LogP contribution >= 0.6 is 11.6 Å². The lowest BCUT2D eigenvalue weighted by molar-refractivity contribution is -0.137. The maximum absolute atomic E-state index is 12.9. The number of halogens is 4. The van der Waals surface area contributed by atoms with Crippen molar-refractivity contribution in [2.75, 3.05) is 13.6 Å². The van der Waals surface area contributed by atoms with Gasteiger partial charge in [0.25, 0.3) is 0 Å². The lowest BCUT2D eigenvalue weighted by Gasteiger charge is -2.16. The van der Waals surface area contributed by atoms with Crippen LogP contribution in [0.3, 0.4) is 0 Å². The van der Waals surface area contributed by atoms with Gasteiger partial charge in [0, 0.05) is 38.4 Å². The van der Waals surface area contributed by atoms with Crippen LogP contribution < -0.4 is 0 Å². The molecule has 0 atom stereocenters. The molecule has 0 saturated carbocycles. The molecule has 0 aliphatic rings. The van der Waals surface area contributed by atoms with Gasteiger partial charge in [-0.15, -0.1) is 0 Å². The van der Waals surface area contributed by atoms with Crippen LogP contribution in [0.2, 0.25) is 5.02 Å². The van der Waals surface area contributed by atoms with Crippen LogP contribution in [0.1, 0.15) is 16.8 Å². The summed E-state index contributed by atoms with van der Waals surface area (Å²) in [6.07, 6.45) is 1.83. The minimum atomic E-state index is -4.51. The summed E-state index contributed by atoms with van der Waals surface area (Å²) in [4.78, 5) is 22.1. The Morgan fingerprint density at radius 3 is 2.63 bits per heavy atom. The monoisotopic (exact) mass is 396 g/mol. The first-order chi connectivity index (χ1) is 12.7. The fourth-order valence-electron chi connectivity index (χ4n) is 2.61. The highest BCUT2D eigenvalue weighted by atomic mass is 35.5. The maximum atomic E-state index is 12.9. The van der Waals surface area contributed by atoms with Crippen molar-refractivity contribution in [2.24, 2.45) is 0 Å². The van der Waals surface area contributed by atoms with Gasteiger partial charge < -0.3 is 9.30 Å². The first-order valence-corrected chi connectivity index (χ1v) is 8.49. The number of rotatable bonds is 5. The second-order valence-electron chi connectivity index (χ2n) is 6.14. The van der Waals surface area contributed by atoms with Gasteiger partial charge in [-0.25, -0.2) is 4.98 Å². The molecule has 0 aliphatic heterocycles. The largest absolute Gasteiger partial charge is 0.417 e. The smallest absolute Gasteiger partial charge is 0.345 e. The van der Waals surface area contributed by atoms with Gasteiger partial charge in [-0.1, -0.05) is 11.6 Å². The fraction of sp³-hybridized carbons (Fsp3) is 0.278. The summed E-state index contributed by atoms with van der Waals surface area (Å²) in [5.41, 5.74) is 0.734. The van der Waals surface area contributed by atoms with Gasteiger partial charge in [-0.3, -0.25) is 9.78 Å². The SMILES string of the molecule is CN(CCc1ccncc1)C(=O)Cc1cn2cc(C(F)(F)F)cc(Cl)c2n1. The van der Waals surface area contributed by atoms with E-state index in [2.05, 4.69) is 9.97 Å². The van der Waals surface area contributed by atoms with Crippen molar-refractivity contribution in [3.8, 4) is 0 Å². The van der Waals surface area contributed by atoms with Crippen LogP contribution in [0.25, 0.3) is 5.65 Å². The standard InChI is InChI=1S/C18H16ClF3N4O/c1-25(7-4-12-2-5-23-6-3-12)16(27)9-14-11-26-10-13(18(20,21)22)8-15(19)17(26)24-14/h2-3,5-6,8,10-11H,4,7,9H2,1H3. The molecule has 142 valence electrons. The molecule has 0 aliphatic carbocycles. The molecule has 0 radical (unpaired) electrons. The molecule has 27 heavy (non-hydrogen) atoms. The highest BCUT2D eigenvalue weighted by molar-refractivity contribution is 6.33. The molecule has 0 fully saturated rings. The topological polar surface area (TPSA) is 50.5 Å². The molecule has 3 aromatic heterocycles. The van der Waals surface area contributed by atoms with E-state index >= 15 is 0 Å². The van der Waals surface area contributed by atoms with Gasteiger partial charge in [-0.2, -0.15) is 13.2 Å². The number of aromatic nitrogens is 3. The molecule has 0 unspecified atom stereocenters. The van der Waals surface area contributed by atoms with Crippen molar-refractivity contribution in [1.82, 2.24) is 19.3 Å². The predicted molar refractivity (Wildman–Crippen MR) is 94.5 cm³/mol. The first kappa shape index (κ1) is 19.2. The van der Waals surface area contributed by atoms with E-state index < -0.39 is 11.7 Å². The van der Waals surface area contributed by atoms with Crippen LogP contribution in [0.15, 0.2) is 43.0 Å². The number of carbonyl (C=O) groups excluding carboxylic acids is 1. The Balaban J connectivity index is 1.70. The summed E-state index contributed by atoms with van der Waals surface area (Å²) in [6, 6.07) is 4.58. The molecule has 1 amide bonds. The van der Waals surface area contributed by atoms with E-state index in [1.807, 2.05) is 12.1 Å². The fourth-order valence-corrected chi connectivity index (χ4v) is 2.87. The van der Waals surface area contributed by atoms with Crippen LogP contribution in [0.4, 0.5) is 13.2 Å². The number of alkyl halides is 3. The molecule has 0 spiro atoms. The molecule has 0 bridgehead atoms. The van der Waals surface area contributed by atoms with E-state index in [4.69, 9.17) is 11.6 Å². The zero-order valence-corrected chi connectivity index (χ0v) is 15.1. The molecule has 9 heteroatoms. The van der Waals surface area contributed by atoms with E-state index in [0.29, 0.717) is 18.7 Å². The van der Waals surface area contributed by atoms with E-state index in [9.17, 15) is 18.0 Å². The average Bonchev–Trinajstić information content (AvgIpc) is 3.03. The van der Waals surface area contributed by atoms with E-state index in [0.717, 1.165) is 17.8 Å². The lowest BCUT2D eigenvalue weighted by atomic mass is 10.2. The van der Waals surface area contributed by atoms with Gasteiger partial charge in [0.2, 0.25) is 5.91 Å². The number of imidazole rings is 1. The Morgan fingerprint density at radius 2 is 1.96 bits per heavy atom. The van der Waals surface area contributed by atoms with E-state index in [-0.39, 0.29) is 23.0 Å². The quantitative estimate of drug-likeness (QED) is 0.661. The van der Waals surface area contributed by atoms with Crippen LogP contribution in [0.5, 0.6) is 0 Å². The molecule has 0 N–H and O–H groups in total. The van der Waals surface area contributed by atoms with Crippen LogP contribution in [-0.4, -0.2) is 38.8 Å². The number of amides is 1. The summed E-state index contributed by atoms with van der Waals surface area (Å²) in [7, 11) is 1.67. The zero-order valence-electron chi connectivity index (χ0n) is 14.4. The summed E-state index contributed by atoms with van der Waals surface area (Å²) in [6.45, 7) is 0.509. The maximum Gasteiger partial charge on any atom is 0.417 e. The van der Waals surface area contributed by atoms with Gasteiger partial charge in [0.15, 0.2) is 5.65 Å². The zero-order chi connectivity index (χ0) is 19.6. The highest BCUT2D eigenvalue weighted by Crippen LogP contribution is 2.32. The second-order valence-corrected chi connectivity index (χ2v) is 6.54. The Kier molecular flexibility index (Phi) is 5.36. The van der Waals surface area contributed by atoms with Gasteiger partial charge in [0.1, 0.15) is 0 Å². The predicted octanol–water partition coefficient (Wildman–Crippen LogP) is 3.65. The Bertz CT molecular complexity index is 956. The highest BCUT2D eigenvalue weighted by Gasteiger charge is 2.32. The molecular formula is C18H16ClF3N4O. The number of nitrogens with zero attached hydrogens (tertiary/aromatic N) is 4. The summed E-state index contributed by atoms with van der Waals surface area (Å²) < 4.78 is 39.9. The average molecular weight is 397 g/mol. The summed E-state index contributed by atoms with van der Waals surface area (Å²) in [5.74, 6) is -0.181. The van der Waals surface area contributed by atoms with Gasteiger partial charge >= 0.3 is 6.18 Å². The van der Waals surface area contributed by atoms with Crippen molar-refractivity contribution in [1.29, 1.82) is 0 Å². The third-order valence-corrected chi connectivity index (χ3v) is 4.41. The molecule has 3 aromatic rings. The number of hydrogen-bond donors (Lipinski definition) is 0. The van der Waals surface area contributed by atoms with E-state index in [1.54, 1.807) is 24.3 Å². The number of pyridine rings is 2. The molecular weight excluding hydrogens is 381 g/mol. The number of hydrogen-bond acceptors (Lipinski definition) is 3. The Hall–Kier alpha value is -2.61. The molecule has 3 rings (SSSR count). The molecule has 0 aromatic carbocycles. The molecule has 0 saturated heterocycles. The van der Waals surface area contributed by atoms with E-state index in [1.165, 1.54) is 10.6 Å². The normalized spacial score (nSPS) is 11.7. The molecule has 5 nitrogen and oxygen atoms in total. The van der Waals surface area contributed by atoms with Crippen molar-refractivity contribution >= 4 is 23.2 Å². The van der Waals surface area contributed by atoms with Crippen LogP contribution in [0, 0.1) is 0 Å². The second kappa shape index (κ2) is 7.56. The lowest BCUT2D eigenvalue weighted by Crippen LogP contribution is -2.30. The summed E-state index contributed by atoms with van der Waals surface area (Å²) >= 11 is 5.91. The third-order valence-electron chi connectivity index (χ3n) is 4.13. The molecule has 3 heterocycles. The Morgan fingerprint density at radius 1 is 1.26 bits per heavy atom. The third kappa shape index (κ3) is 4.57.